The van der Waals surface area contributed by atoms with Gasteiger partial charge in [-0.25, -0.2) is 4.39 Å². The van der Waals surface area contributed by atoms with Crippen LogP contribution in [-0.2, 0) is 5.75 Å². The summed E-state index contributed by atoms with van der Waals surface area (Å²) in [4.78, 5) is 0. The minimum atomic E-state index is -0.287. The predicted octanol–water partition coefficient (Wildman–Crippen LogP) is 4.55. The second-order valence-corrected chi connectivity index (χ2v) is 5.71. The molecule has 3 aromatic rings. The Morgan fingerprint density at radius 1 is 1.14 bits per heavy atom. The highest BCUT2D eigenvalue weighted by Gasteiger charge is 2.07. The van der Waals surface area contributed by atoms with Crippen LogP contribution < -0.4 is 5.32 Å². The number of aromatic nitrogens is 2. The van der Waals surface area contributed by atoms with E-state index in [1.54, 1.807) is 12.1 Å². The number of hydrogen-bond donors (Lipinski definition) is 1. The fourth-order valence-electron chi connectivity index (χ4n) is 1.92. The summed E-state index contributed by atoms with van der Waals surface area (Å²) in [5, 5.41) is 11.3. The third-order valence-corrected chi connectivity index (χ3v) is 3.84. The number of rotatable bonds is 5. The standard InChI is InChI=1S/C16H14FN3OS/c1-11-3-2-4-12(9-11)10-22-16-20-19-15(21-16)18-14-7-5-13(17)6-8-14/h2-9H,10H2,1H3,(H,18,19). The normalized spacial score (nSPS) is 10.6. The second-order valence-electron chi connectivity index (χ2n) is 4.78. The van der Waals surface area contributed by atoms with Crippen molar-refractivity contribution in [2.75, 3.05) is 5.32 Å². The Morgan fingerprint density at radius 2 is 1.95 bits per heavy atom. The Hall–Kier alpha value is -2.34. The molecule has 3 rings (SSSR count). The first-order valence-electron chi connectivity index (χ1n) is 6.73. The van der Waals surface area contributed by atoms with Crippen LogP contribution in [0.25, 0.3) is 0 Å². The third kappa shape index (κ3) is 3.85. The maximum atomic E-state index is 12.8. The van der Waals surface area contributed by atoms with Gasteiger partial charge in [0.05, 0.1) is 0 Å². The van der Waals surface area contributed by atoms with E-state index in [1.807, 2.05) is 6.07 Å². The first-order chi connectivity index (χ1) is 10.7. The molecule has 0 aliphatic carbocycles. The molecule has 1 aromatic heterocycles. The molecular formula is C16H14FN3OS. The quantitative estimate of drug-likeness (QED) is 0.700. The Kier molecular flexibility index (Phi) is 4.39. The molecule has 0 saturated heterocycles. The van der Waals surface area contributed by atoms with E-state index in [-0.39, 0.29) is 5.82 Å². The Balaban J connectivity index is 1.60. The predicted molar refractivity (Wildman–Crippen MR) is 84.7 cm³/mol. The molecular weight excluding hydrogens is 301 g/mol. The van der Waals surface area contributed by atoms with Crippen molar-refractivity contribution in [3.05, 3.63) is 65.5 Å². The van der Waals surface area contributed by atoms with Crippen LogP contribution >= 0.6 is 11.8 Å². The topological polar surface area (TPSA) is 51.0 Å². The fourth-order valence-corrected chi connectivity index (χ4v) is 2.63. The van der Waals surface area contributed by atoms with E-state index in [1.165, 1.54) is 35.0 Å². The molecule has 0 amide bonds. The summed E-state index contributed by atoms with van der Waals surface area (Å²) in [6, 6.07) is 14.5. The zero-order chi connectivity index (χ0) is 15.4. The zero-order valence-corrected chi connectivity index (χ0v) is 12.7. The highest BCUT2D eigenvalue weighted by Crippen LogP contribution is 2.24. The van der Waals surface area contributed by atoms with E-state index < -0.39 is 0 Å². The summed E-state index contributed by atoms with van der Waals surface area (Å²) < 4.78 is 18.3. The van der Waals surface area contributed by atoms with E-state index in [4.69, 9.17) is 4.42 Å². The van der Waals surface area contributed by atoms with E-state index >= 15 is 0 Å². The van der Waals surface area contributed by atoms with Crippen molar-refractivity contribution in [3.8, 4) is 0 Å². The maximum absolute atomic E-state index is 12.8. The smallest absolute Gasteiger partial charge is 0.320 e. The molecule has 1 N–H and O–H groups in total. The molecule has 0 aliphatic heterocycles. The molecule has 0 fully saturated rings. The monoisotopic (exact) mass is 315 g/mol. The van der Waals surface area contributed by atoms with Gasteiger partial charge in [-0.05, 0) is 36.8 Å². The van der Waals surface area contributed by atoms with Crippen LogP contribution in [0, 0.1) is 12.7 Å². The fraction of sp³-hybridized carbons (Fsp3) is 0.125. The molecule has 1 heterocycles. The molecule has 0 radical (unpaired) electrons. The van der Waals surface area contributed by atoms with Gasteiger partial charge < -0.3 is 9.73 Å². The number of anilines is 2. The first-order valence-corrected chi connectivity index (χ1v) is 7.72. The maximum Gasteiger partial charge on any atom is 0.320 e. The Morgan fingerprint density at radius 3 is 2.73 bits per heavy atom. The number of hydrogen-bond acceptors (Lipinski definition) is 5. The van der Waals surface area contributed by atoms with E-state index in [0.717, 1.165) is 5.75 Å². The highest BCUT2D eigenvalue weighted by atomic mass is 32.2. The molecule has 0 atom stereocenters. The van der Waals surface area contributed by atoms with E-state index in [2.05, 4.69) is 40.6 Å². The van der Waals surface area contributed by atoms with Gasteiger partial charge in [0, 0.05) is 11.4 Å². The van der Waals surface area contributed by atoms with Gasteiger partial charge in [0.1, 0.15) is 5.82 Å². The number of nitrogens with zero attached hydrogens (tertiary/aromatic N) is 2. The van der Waals surface area contributed by atoms with Gasteiger partial charge in [0.15, 0.2) is 0 Å². The lowest BCUT2D eigenvalue weighted by Gasteiger charge is -2.00. The SMILES string of the molecule is Cc1cccc(CSc2nnc(Nc3ccc(F)cc3)o2)c1. The van der Waals surface area contributed by atoms with E-state index in [0.29, 0.717) is 16.9 Å². The largest absolute Gasteiger partial charge is 0.398 e. The number of nitrogens with one attached hydrogen (secondary N) is 1. The number of benzene rings is 2. The van der Waals surface area contributed by atoms with Crippen molar-refractivity contribution >= 4 is 23.5 Å². The second kappa shape index (κ2) is 6.62. The minimum absolute atomic E-state index is 0.287. The van der Waals surface area contributed by atoms with Crippen molar-refractivity contribution < 1.29 is 8.81 Å². The van der Waals surface area contributed by atoms with Crippen LogP contribution in [0.3, 0.4) is 0 Å². The Labute approximate surface area is 131 Å². The summed E-state index contributed by atoms with van der Waals surface area (Å²) in [7, 11) is 0. The molecule has 0 saturated carbocycles. The van der Waals surface area contributed by atoms with Crippen LogP contribution in [0.15, 0.2) is 58.2 Å². The van der Waals surface area contributed by atoms with Crippen LogP contribution in [0.4, 0.5) is 16.1 Å². The lowest BCUT2D eigenvalue weighted by molar-refractivity contribution is 0.468. The summed E-state index contributed by atoms with van der Waals surface area (Å²) in [5.41, 5.74) is 3.12. The van der Waals surface area contributed by atoms with Gasteiger partial charge in [-0.3, -0.25) is 0 Å². The van der Waals surface area contributed by atoms with Crippen molar-refractivity contribution in [2.45, 2.75) is 17.9 Å². The van der Waals surface area contributed by atoms with Crippen LogP contribution in [0.1, 0.15) is 11.1 Å². The zero-order valence-electron chi connectivity index (χ0n) is 11.9. The number of thioether (sulfide) groups is 1. The molecule has 6 heteroatoms. The molecule has 112 valence electrons. The summed E-state index contributed by atoms with van der Waals surface area (Å²) in [6.07, 6.45) is 0. The lowest BCUT2D eigenvalue weighted by atomic mass is 10.2. The van der Waals surface area contributed by atoms with E-state index in [9.17, 15) is 4.39 Å². The van der Waals surface area contributed by atoms with Gasteiger partial charge in [0.2, 0.25) is 0 Å². The van der Waals surface area contributed by atoms with Gasteiger partial charge in [0.25, 0.3) is 5.22 Å². The van der Waals surface area contributed by atoms with Gasteiger partial charge in [-0.15, -0.1) is 0 Å². The number of halogens is 1. The van der Waals surface area contributed by atoms with Gasteiger partial charge in [-0.1, -0.05) is 51.8 Å². The molecule has 2 aromatic carbocycles. The molecule has 4 nitrogen and oxygen atoms in total. The average Bonchev–Trinajstić information content (AvgIpc) is 2.95. The summed E-state index contributed by atoms with van der Waals surface area (Å²) >= 11 is 1.48. The van der Waals surface area contributed by atoms with Gasteiger partial charge >= 0.3 is 6.01 Å². The minimum Gasteiger partial charge on any atom is -0.398 e. The highest BCUT2D eigenvalue weighted by molar-refractivity contribution is 7.98. The molecule has 0 aliphatic rings. The van der Waals surface area contributed by atoms with Crippen molar-refractivity contribution in [1.29, 1.82) is 0 Å². The molecule has 0 spiro atoms. The Bertz CT molecular complexity index is 758. The van der Waals surface area contributed by atoms with Crippen molar-refractivity contribution in [2.24, 2.45) is 0 Å². The van der Waals surface area contributed by atoms with Gasteiger partial charge in [-0.2, -0.15) is 0 Å². The first kappa shape index (κ1) is 14.6. The number of aryl methyl sites for hydroxylation is 1. The molecule has 0 unspecified atom stereocenters. The summed E-state index contributed by atoms with van der Waals surface area (Å²) in [5.74, 6) is 0.477. The van der Waals surface area contributed by atoms with Crippen molar-refractivity contribution in [1.82, 2.24) is 10.2 Å². The molecule has 0 bridgehead atoms. The summed E-state index contributed by atoms with van der Waals surface area (Å²) in [6.45, 7) is 2.06. The van der Waals surface area contributed by atoms with Crippen LogP contribution in [0.2, 0.25) is 0 Å². The molecule has 22 heavy (non-hydrogen) atoms. The van der Waals surface area contributed by atoms with Crippen LogP contribution in [-0.4, -0.2) is 10.2 Å². The van der Waals surface area contributed by atoms with Crippen molar-refractivity contribution in [3.63, 3.8) is 0 Å². The lowest BCUT2D eigenvalue weighted by Crippen LogP contribution is -1.90. The van der Waals surface area contributed by atoms with Crippen LogP contribution in [0.5, 0.6) is 0 Å². The average molecular weight is 315 g/mol. The third-order valence-electron chi connectivity index (χ3n) is 2.95.